The van der Waals surface area contributed by atoms with Gasteiger partial charge in [-0.1, -0.05) is 35.6 Å². The van der Waals surface area contributed by atoms with Gasteiger partial charge in [-0.2, -0.15) is 31.6 Å². The van der Waals surface area contributed by atoms with E-state index in [2.05, 4.69) is 15.4 Å². The standard InChI is InChI=1S/C19H10F6N4/c20-18(21,22)13-6-2-11(3-7-13)1-4-12-5-8-14(19(23,24)25)9-15(12)17-16(10-26)27-29-28-17/h1-9H,(H,27,28,29)/b4-1+. The predicted octanol–water partition coefficient (Wildman–Crippen LogP) is 5.55. The summed E-state index contributed by atoms with van der Waals surface area (Å²) in [5.74, 6) is 0. The molecule has 0 fully saturated rings. The van der Waals surface area contributed by atoms with Gasteiger partial charge in [0.1, 0.15) is 11.8 Å². The van der Waals surface area contributed by atoms with Gasteiger partial charge >= 0.3 is 12.4 Å². The Morgan fingerprint density at radius 2 is 1.48 bits per heavy atom. The number of nitrogens with one attached hydrogen (secondary N) is 1. The Bertz CT molecular complexity index is 1090. The van der Waals surface area contributed by atoms with E-state index in [0.717, 1.165) is 24.3 Å². The topological polar surface area (TPSA) is 65.4 Å². The van der Waals surface area contributed by atoms with Crippen molar-refractivity contribution in [2.75, 3.05) is 0 Å². The highest BCUT2D eigenvalue weighted by Crippen LogP contribution is 2.35. The quantitative estimate of drug-likeness (QED) is 0.456. The van der Waals surface area contributed by atoms with Crippen LogP contribution in [0.25, 0.3) is 23.4 Å². The lowest BCUT2D eigenvalue weighted by atomic mass is 9.98. The summed E-state index contributed by atoms with van der Waals surface area (Å²) in [4.78, 5) is 0. The molecule has 1 heterocycles. The molecule has 0 atom stereocenters. The smallest absolute Gasteiger partial charge is 0.247 e. The van der Waals surface area contributed by atoms with Gasteiger partial charge < -0.3 is 0 Å². The zero-order chi connectivity index (χ0) is 21.2. The molecule has 1 aromatic heterocycles. The molecule has 3 rings (SSSR count). The van der Waals surface area contributed by atoms with Gasteiger partial charge in [0.25, 0.3) is 0 Å². The van der Waals surface area contributed by atoms with Crippen molar-refractivity contribution in [1.82, 2.24) is 15.4 Å². The van der Waals surface area contributed by atoms with Crippen LogP contribution in [0.3, 0.4) is 0 Å². The third-order valence-electron chi connectivity index (χ3n) is 3.99. The van der Waals surface area contributed by atoms with E-state index in [0.29, 0.717) is 5.56 Å². The minimum absolute atomic E-state index is 0.00767. The van der Waals surface area contributed by atoms with Crippen molar-refractivity contribution in [2.24, 2.45) is 0 Å². The van der Waals surface area contributed by atoms with Crippen LogP contribution in [-0.2, 0) is 12.4 Å². The summed E-state index contributed by atoms with van der Waals surface area (Å²) in [7, 11) is 0. The molecule has 10 heteroatoms. The molecule has 4 nitrogen and oxygen atoms in total. The number of nitriles is 1. The molecule has 0 aliphatic carbocycles. The number of halogens is 6. The van der Waals surface area contributed by atoms with E-state index in [1.54, 1.807) is 6.07 Å². The first kappa shape index (κ1) is 20.1. The molecule has 0 saturated heterocycles. The Labute approximate surface area is 160 Å². The summed E-state index contributed by atoms with van der Waals surface area (Å²) >= 11 is 0. The molecule has 1 N–H and O–H groups in total. The van der Waals surface area contributed by atoms with Crippen molar-refractivity contribution in [1.29, 1.82) is 5.26 Å². The molecule has 0 radical (unpaired) electrons. The molecule has 0 aliphatic heterocycles. The lowest BCUT2D eigenvalue weighted by Gasteiger charge is -2.10. The summed E-state index contributed by atoms with van der Waals surface area (Å²) in [5, 5.41) is 18.5. The third kappa shape index (κ3) is 4.45. The van der Waals surface area contributed by atoms with E-state index in [-0.39, 0.29) is 22.5 Å². The van der Waals surface area contributed by atoms with E-state index < -0.39 is 23.5 Å². The first-order valence-electron chi connectivity index (χ1n) is 7.97. The van der Waals surface area contributed by atoms with Crippen LogP contribution in [0, 0.1) is 11.3 Å². The third-order valence-corrected chi connectivity index (χ3v) is 3.99. The molecule has 29 heavy (non-hydrogen) atoms. The van der Waals surface area contributed by atoms with Crippen LogP contribution < -0.4 is 0 Å². The predicted molar refractivity (Wildman–Crippen MR) is 91.9 cm³/mol. The molecule has 0 saturated carbocycles. The molecular weight excluding hydrogens is 398 g/mol. The van der Waals surface area contributed by atoms with Gasteiger partial charge in [0.05, 0.1) is 11.1 Å². The van der Waals surface area contributed by atoms with Crippen LogP contribution in [-0.4, -0.2) is 15.4 Å². The highest BCUT2D eigenvalue weighted by Gasteiger charge is 2.32. The van der Waals surface area contributed by atoms with E-state index in [1.165, 1.54) is 30.4 Å². The summed E-state index contributed by atoms with van der Waals surface area (Å²) < 4.78 is 77.2. The monoisotopic (exact) mass is 408 g/mol. The van der Waals surface area contributed by atoms with E-state index in [9.17, 15) is 26.3 Å². The Morgan fingerprint density at radius 3 is 2.07 bits per heavy atom. The Kier molecular flexibility index (Phi) is 5.16. The molecule has 3 aromatic rings. The first-order chi connectivity index (χ1) is 13.6. The summed E-state index contributed by atoms with van der Waals surface area (Å²) in [6, 6.07) is 8.93. The Hall–Kier alpha value is -3.61. The molecule has 0 bridgehead atoms. The van der Waals surface area contributed by atoms with Crippen LogP contribution in [0.1, 0.15) is 27.9 Å². The summed E-state index contributed by atoms with van der Waals surface area (Å²) in [6.45, 7) is 0. The molecule has 0 unspecified atom stereocenters. The molecule has 2 aromatic carbocycles. The second-order valence-electron chi connectivity index (χ2n) is 5.90. The fourth-order valence-electron chi connectivity index (χ4n) is 2.55. The van der Waals surface area contributed by atoms with Gasteiger partial charge in [-0.15, -0.1) is 5.10 Å². The number of benzene rings is 2. The summed E-state index contributed by atoms with van der Waals surface area (Å²) in [5.41, 5.74) is -1.24. The van der Waals surface area contributed by atoms with Gasteiger partial charge in [0, 0.05) is 5.56 Å². The molecule has 0 spiro atoms. The maximum atomic E-state index is 13.1. The lowest BCUT2D eigenvalue weighted by molar-refractivity contribution is -0.138. The van der Waals surface area contributed by atoms with E-state index >= 15 is 0 Å². The maximum absolute atomic E-state index is 13.1. The molecule has 148 valence electrons. The van der Waals surface area contributed by atoms with Gasteiger partial charge in [-0.25, -0.2) is 5.10 Å². The van der Waals surface area contributed by atoms with Crippen molar-refractivity contribution in [2.45, 2.75) is 12.4 Å². The van der Waals surface area contributed by atoms with E-state index in [4.69, 9.17) is 5.26 Å². The van der Waals surface area contributed by atoms with Gasteiger partial charge in [0.2, 0.25) is 0 Å². The minimum Gasteiger partial charge on any atom is -0.247 e. The van der Waals surface area contributed by atoms with Crippen LogP contribution in [0.15, 0.2) is 42.5 Å². The number of alkyl halides is 6. The fraction of sp³-hybridized carbons (Fsp3) is 0.105. The minimum atomic E-state index is -4.61. The summed E-state index contributed by atoms with van der Waals surface area (Å²) in [6.07, 6.45) is -6.21. The van der Waals surface area contributed by atoms with Crippen LogP contribution in [0.5, 0.6) is 0 Å². The lowest BCUT2D eigenvalue weighted by Crippen LogP contribution is -2.05. The number of hydrogen-bond donors (Lipinski definition) is 1. The Balaban J connectivity index is 2.03. The van der Waals surface area contributed by atoms with Crippen LogP contribution in [0.2, 0.25) is 0 Å². The van der Waals surface area contributed by atoms with Crippen molar-refractivity contribution >= 4 is 12.2 Å². The normalized spacial score (nSPS) is 12.3. The van der Waals surface area contributed by atoms with Gasteiger partial charge in [-0.3, -0.25) is 0 Å². The highest BCUT2D eigenvalue weighted by atomic mass is 19.4. The second-order valence-corrected chi connectivity index (χ2v) is 5.90. The number of hydrogen-bond acceptors (Lipinski definition) is 3. The SMILES string of the molecule is N#Cc1[nH]nnc1-c1cc(C(F)(F)F)ccc1/C=C/c1ccc(C(F)(F)F)cc1. The van der Waals surface area contributed by atoms with Crippen molar-refractivity contribution in [3.8, 4) is 17.3 Å². The average molecular weight is 408 g/mol. The highest BCUT2D eigenvalue weighted by molar-refractivity contribution is 5.81. The largest absolute Gasteiger partial charge is 0.416 e. The number of nitrogens with zero attached hydrogens (tertiary/aromatic N) is 3. The van der Waals surface area contributed by atoms with Crippen molar-refractivity contribution < 1.29 is 26.3 Å². The van der Waals surface area contributed by atoms with E-state index in [1.807, 2.05) is 0 Å². The zero-order valence-corrected chi connectivity index (χ0v) is 14.3. The number of aromatic amines is 1. The average Bonchev–Trinajstić information content (AvgIpc) is 3.13. The number of H-pyrrole nitrogens is 1. The molecular formula is C19H10F6N4. The number of aromatic nitrogens is 3. The maximum Gasteiger partial charge on any atom is 0.416 e. The van der Waals surface area contributed by atoms with Crippen molar-refractivity contribution in [3.05, 3.63) is 70.4 Å². The fourth-order valence-corrected chi connectivity index (χ4v) is 2.55. The van der Waals surface area contributed by atoms with Gasteiger partial charge in [-0.05, 0) is 35.4 Å². The molecule has 0 aliphatic rings. The first-order valence-corrected chi connectivity index (χ1v) is 7.97. The van der Waals surface area contributed by atoms with Crippen LogP contribution >= 0.6 is 0 Å². The number of rotatable bonds is 3. The van der Waals surface area contributed by atoms with Crippen LogP contribution in [0.4, 0.5) is 26.3 Å². The molecule has 0 amide bonds. The zero-order valence-electron chi connectivity index (χ0n) is 14.3. The van der Waals surface area contributed by atoms with Gasteiger partial charge in [0.15, 0.2) is 5.69 Å². The van der Waals surface area contributed by atoms with Crippen molar-refractivity contribution in [3.63, 3.8) is 0 Å². The Morgan fingerprint density at radius 1 is 0.862 bits per heavy atom. The second kappa shape index (κ2) is 7.43.